The third kappa shape index (κ3) is 2.18. The molecule has 1 fully saturated rings. The molecule has 0 spiro atoms. The number of fused-ring (bicyclic) bond motifs is 1. The first-order valence-electron chi connectivity index (χ1n) is 7.44. The molecule has 0 atom stereocenters. The summed E-state index contributed by atoms with van der Waals surface area (Å²) in [4.78, 5) is 18.8. The third-order valence-corrected chi connectivity index (χ3v) is 4.51. The molecule has 0 aliphatic carbocycles. The summed E-state index contributed by atoms with van der Waals surface area (Å²) in [6, 6.07) is 6.75. The topological polar surface area (TPSA) is 26.8 Å². The molecule has 2 heterocycles. The van der Waals surface area contributed by atoms with Crippen molar-refractivity contribution in [2.45, 2.75) is 26.4 Å². The lowest BCUT2D eigenvalue weighted by Crippen LogP contribution is -2.49. The van der Waals surface area contributed by atoms with E-state index >= 15 is 0 Å². The van der Waals surface area contributed by atoms with Gasteiger partial charge in [0.25, 0.3) is 5.91 Å². The standard InChI is InChI=1S/C16H23N3O/c1-12(2)18-7-9-19(10-8-18)15-6-4-5-13-14(15)11-17(3)16(13)20/h4-6,12H,7-11H2,1-3H3. The van der Waals surface area contributed by atoms with Crippen LogP contribution in [-0.4, -0.2) is 55.0 Å². The van der Waals surface area contributed by atoms with Crippen molar-refractivity contribution in [2.75, 3.05) is 38.1 Å². The van der Waals surface area contributed by atoms with Gasteiger partial charge in [-0.05, 0) is 26.0 Å². The van der Waals surface area contributed by atoms with Crippen molar-refractivity contribution in [1.29, 1.82) is 0 Å². The van der Waals surface area contributed by atoms with E-state index in [4.69, 9.17) is 0 Å². The van der Waals surface area contributed by atoms with Crippen LogP contribution in [0.3, 0.4) is 0 Å². The van der Waals surface area contributed by atoms with E-state index in [0.29, 0.717) is 6.04 Å². The maximum atomic E-state index is 12.1. The normalized spacial score (nSPS) is 19.9. The molecule has 0 unspecified atom stereocenters. The maximum Gasteiger partial charge on any atom is 0.254 e. The lowest BCUT2D eigenvalue weighted by Gasteiger charge is -2.38. The second kappa shape index (κ2) is 5.09. The van der Waals surface area contributed by atoms with E-state index in [1.165, 1.54) is 11.3 Å². The lowest BCUT2D eigenvalue weighted by molar-refractivity contribution is 0.0816. The molecule has 0 saturated carbocycles. The fraction of sp³-hybridized carbons (Fsp3) is 0.562. The summed E-state index contributed by atoms with van der Waals surface area (Å²) < 4.78 is 0. The highest BCUT2D eigenvalue weighted by atomic mass is 16.2. The van der Waals surface area contributed by atoms with Crippen molar-refractivity contribution in [3.8, 4) is 0 Å². The van der Waals surface area contributed by atoms with Crippen LogP contribution in [0, 0.1) is 0 Å². The van der Waals surface area contributed by atoms with Crippen LogP contribution in [0.1, 0.15) is 29.8 Å². The molecule has 20 heavy (non-hydrogen) atoms. The maximum absolute atomic E-state index is 12.1. The Bertz CT molecular complexity index is 518. The Morgan fingerprint density at radius 2 is 1.80 bits per heavy atom. The van der Waals surface area contributed by atoms with Crippen LogP contribution in [0.15, 0.2) is 18.2 Å². The van der Waals surface area contributed by atoms with Gasteiger partial charge in [0.05, 0.1) is 0 Å². The summed E-state index contributed by atoms with van der Waals surface area (Å²) in [6.45, 7) is 9.55. The highest BCUT2D eigenvalue weighted by Crippen LogP contribution is 2.31. The lowest BCUT2D eigenvalue weighted by atomic mass is 10.1. The average Bonchev–Trinajstić information content (AvgIpc) is 2.74. The van der Waals surface area contributed by atoms with Gasteiger partial charge in [-0.3, -0.25) is 9.69 Å². The minimum atomic E-state index is 0.155. The Morgan fingerprint density at radius 3 is 2.45 bits per heavy atom. The Hall–Kier alpha value is -1.55. The van der Waals surface area contributed by atoms with Crippen LogP contribution in [0.25, 0.3) is 0 Å². The number of benzene rings is 1. The first-order valence-corrected chi connectivity index (χ1v) is 7.44. The van der Waals surface area contributed by atoms with E-state index in [9.17, 15) is 4.79 Å². The predicted octanol–water partition coefficient (Wildman–Crippen LogP) is 1.80. The molecule has 0 N–H and O–H groups in total. The highest BCUT2D eigenvalue weighted by Gasteiger charge is 2.29. The van der Waals surface area contributed by atoms with Crippen LogP contribution in [0.5, 0.6) is 0 Å². The predicted molar refractivity (Wildman–Crippen MR) is 81.2 cm³/mol. The number of nitrogens with zero attached hydrogens (tertiary/aromatic N) is 3. The fourth-order valence-electron chi connectivity index (χ4n) is 3.23. The summed E-state index contributed by atoms with van der Waals surface area (Å²) in [6.07, 6.45) is 0. The van der Waals surface area contributed by atoms with E-state index in [2.05, 4.69) is 29.7 Å². The van der Waals surface area contributed by atoms with E-state index in [1.54, 1.807) is 4.90 Å². The minimum Gasteiger partial charge on any atom is -0.369 e. The Labute approximate surface area is 121 Å². The van der Waals surface area contributed by atoms with Gasteiger partial charge in [-0.15, -0.1) is 0 Å². The van der Waals surface area contributed by atoms with Crippen molar-refractivity contribution in [1.82, 2.24) is 9.80 Å². The summed E-state index contributed by atoms with van der Waals surface area (Å²) in [5.74, 6) is 0.155. The van der Waals surface area contributed by atoms with Crippen molar-refractivity contribution >= 4 is 11.6 Å². The summed E-state index contributed by atoms with van der Waals surface area (Å²) >= 11 is 0. The molecular weight excluding hydrogens is 250 g/mol. The van der Waals surface area contributed by atoms with Crippen molar-refractivity contribution in [2.24, 2.45) is 0 Å². The zero-order valence-corrected chi connectivity index (χ0v) is 12.6. The van der Waals surface area contributed by atoms with Gasteiger partial charge in [0.1, 0.15) is 0 Å². The molecular formula is C16H23N3O. The number of rotatable bonds is 2. The van der Waals surface area contributed by atoms with Gasteiger partial charge in [0, 0.05) is 62.6 Å². The number of piperazine rings is 1. The van der Waals surface area contributed by atoms with Gasteiger partial charge in [0.2, 0.25) is 0 Å². The van der Waals surface area contributed by atoms with Gasteiger partial charge >= 0.3 is 0 Å². The molecule has 3 rings (SSSR count). The quantitative estimate of drug-likeness (QED) is 0.822. The number of carbonyl (C=O) groups is 1. The molecule has 2 aliphatic heterocycles. The second-order valence-corrected chi connectivity index (χ2v) is 6.08. The van der Waals surface area contributed by atoms with Crippen LogP contribution < -0.4 is 4.90 Å². The molecule has 0 bridgehead atoms. The fourth-order valence-corrected chi connectivity index (χ4v) is 3.23. The Balaban J connectivity index is 1.82. The van der Waals surface area contributed by atoms with E-state index in [0.717, 1.165) is 38.3 Å². The first kappa shape index (κ1) is 13.4. The van der Waals surface area contributed by atoms with Crippen LogP contribution in [0.2, 0.25) is 0 Å². The monoisotopic (exact) mass is 273 g/mol. The zero-order chi connectivity index (χ0) is 14.3. The van der Waals surface area contributed by atoms with Gasteiger partial charge in [0.15, 0.2) is 0 Å². The van der Waals surface area contributed by atoms with Crippen molar-refractivity contribution in [3.05, 3.63) is 29.3 Å². The molecule has 1 saturated heterocycles. The van der Waals surface area contributed by atoms with Crippen LogP contribution in [0.4, 0.5) is 5.69 Å². The largest absolute Gasteiger partial charge is 0.369 e. The molecule has 1 amide bonds. The van der Waals surface area contributed by atoms with Crippen LogP contribution in [-0.2, 0) is 6.54 Å². The minimum absolute atomic E-state index is 0.155. The third-order valence-electron chi connectivity index (χ3n) is 4.51. The number of hydrogen-bond acceptors (Lipinski definition) is 3. The number of carbonyl (C=O) groups excluding carboxylic acids is 1. The van der Waals surface area contributed by atoms with E-state index in [1.807, 2.05) is 19.2 Å². The van der Waals surface area contributed by atoms with Gasteiger partial charge < -0.3 is 9.80 Å². The number of hydrogen-bond donors (Lipinski definition) is 0. The van der Waals surface area contributed by atoms with Gasteiger partial charge in [-0.2, -0.15) is 0 Å². The first-order chi connectivity index (χ1) is 9.58. The molecule has 108 valence electrons. The molecule has 0 radical (unpaired) electrons. The number of amides is 1. The smallest absolute Gasteiger partial charge is 0.254 e. The second-order valence-electron chi connectivity index (χ2n) is 6.08. The van der Waals surface area contributed by atoms with E-state index in [-0.39, 0.29) is 5.91 Å². The zero-order valence-electron chi connectivity index (χ0n) is 12.6. The molecule has 1 aromatic carbocycles. The Morgan fingerprint density at radius 1 is 1.10 bits per heavy atom. The van der Waals surface area contributed by atoms with Gasteiger partial charge in [-0.1, -0.05) is 6.07 Å². The highest BCUT2D eigenvalue weighted by molar-refractivity contribution is 5.99. The molecule has 2 aliphatic rings. The summed E-state index contributed by atoms with van der Waals surface area (Å²) in [5.41, 5.74) is 3.35. The average molecular weight is 273 g/mol. The SMILES string of the molecule is CC(C)N1CCN(c2cccc3c2CN(C)C3=O)CC1. The summed E-state index contributed by atoms with van der Waals surface area (Å²) in [7, 11) is 1.88. The summed E-state index contributed by atoms with van der Waals surface area (Å²) in [5, 5.41) is 0. The van der Waals surface area contributed by atoms with Gasteiger partial charge in [-0.25, -0.2) is 0 Å². The molecule has 0 aromatic heterocycles. The van der Waals surface area contributed by atoms with Crippen molar-refractivity contribution < 1.29 is 4.79 Å². The van der Waals surface area contributed by atoms with E-state index < -0.39 is 0 Å². The molecule has 4 nitrogen and oxygen atoms in total. The number of anilines is 1. The Kier molecular flexibility index (Phi) is 3.42. The van der Waals surface area contributed by atoms with Crippen LogP contribution >= 0.6 is 0 Å². The molecule has 1 aromatic rings. The molecule has 4 heteroatoms. The van der Waals surface area contributed by atoms with Crippen molar-refractivity contribution in [3.63, 3.8) is 0 Å².